The summed E-state index contributed by atoms with van der Waals surface area (Å²) in [5.74, 6) is 0. The van der Waals surface area contributed by atoms with E-state index < -0.39 is 6.17 Å². The Morgan fingerprint density at radius 2 is 2.00 bits per heavy atom. The lowest BCUT2D eigenvalue weighted by Crippen LogP contribution is -2.56. The van der Waals surface area contributed by atoms with E-state index in [2.05, 4.69) is 12.2 Å². The van der Waals surface area contributed by atoms with Gasteiger partial charge in [0.15, 0.2) is 0 Å². The lowest BCUT2D eigenvalue weighted by Gasteiger charge is -2.39. The fourth-order valence-corrected chi connectivity index (χ4v) is 2.54. The summed E-state index contributed by atoms with van der Waals surface area (Å²) >= 11 is 0. The van der Waals surface area contributed by atoms with Gasteiger partial charge in [0.2, 0.25) is 0 Å². The molecule has 2 bridgehead atoms. The maximum absolute atomic E-state index is 13.4. The van der Waals surface area contributed by atoms with Gasteiger partial charge in [-0.2, -0.15) is 0 Å². The minimum absolute atomic E-state index is 0.201. The number of alkyl halides is 1. The number of halogens is 1. The molecule has 0 aromatic heterocycles. The first kappa shape index (κ1) is 7.53. The Hall–Kier alpha value is -0.110. The highest BCUT2D eigenvalue weighted by atomic mass is 19.1. The summed E-state index contributed by atoms with van der Waals surface area (Å²) in [7, 11) is 0. The Kier molecular flexibility index (Phi) is 1.35. The summed E-state index contributed by atoms with van der Waals surface area (Å²) in [4.78, 5) is 0. The van der Waals surface area contributed by atoms with E-state index in [9.17, 15) is 4.39 Å². The van der Waals surface area contributed by atoms with Crippen LogP contribution in [0.4, 0.5) is 4.39 Å². The van der Waals surface area contributed by atoms with E-state index in [4.69, 9.17) is 0 Å². The summed E-state index contributed by atoms with van der Waals surface area (Å²) in [5, 5.41) is 3.42. The molecule has 0 aliphatic carbocycles. The van der Waals surface area contributed by atoms with Crippen molar-refractivity contribution < 1.29 is 4.39 Å². The second-order valence-electron chi connectivity index (χ2n) is 4.61. The van der Waals surface area contributed by atoms with Crippen LogP contribution < -0.4 is 5.32 Å². The van der Waals surface area contributed by atoms with Crippen molar-refractivity contribution in [2.24, 2.45) is 0 Å². The lowest BCUT2D eigenvalue weighted by atomic mass is 9.87. The van der Waals surface area contributed by atoms with Gasteiger partial charge >= 0.3 is 0 Å². The molecule has 0 aromatic rings. The van der Waals surface area contributed by atoms with Gasteiger partial charge in [0.25, 0.3) is 0 Å². The Morgan fingerprint density at radius 3 is 2.64 bits per heavy atom. The molecule has 2 rings (SSSR count). The van der Waals surface area contributed by atoms with Crippen LogP contribution in [0.3, 0.4) is 0 Å². The predicted molar refractivity (Wildman–Crippen MR) is 43.3 cm³/mol. The van der Waals surface area contributed by atoms with Crippen molar-refractivity contribution in [1.29, 1.82) is 0 Å². The van der Waals surface area contributed by atoms with Gasteiger partial charge in [-0.15, -0.1) is 0 Å². The molecule has 2 saturated heterocycles. The van der Waals surface area contributed by atoms with Crippen LogP contribution in [0.1, 0.15) is 39.5 Å². The first-order valence-corrected chi connectivity index (χ1v) is 4.48. The maximum Gasteiger partial charge on any atom is 0.118 e. The van der Waals surface area contributed by atoms with Gasteiger partial charge in [0.1, 0.15) is 6.17 Å². The second kappa shape index (κ2) is 1.98. The molecule has 0 radical (unpaired) electrons. The predicted octanol–water partition coefficient (Wildman–Crippen LogP) is 2.02. The fraction of sp³-hybridized carbons (Fsp3) is 1.00. The summed E-state index contributed by atoms with van der Waals surface area (Å²) in [5.41, 5.74) is 0.0460. The molecule has 1 N–H and O–H groups in total. The Morgan fingerprint density at radius 1 is 1.27 bits per heavy atom. The average molecular weight is 157 g/mol. The molecule has 0 amide bonds. The second-order valence-corrected chi connectivity index (χ2v) is 4.61. The highest BCUT2D eigenvalue weighted by molar-refractivity contribution is 5.09. The molecule has 0 spiro atoms. The Balaban J connectivity index is 2.23. The van der Waals surface area contributed by atoms with Gasteiger partial charge in [-0.25, -0.2) is 4.39 Å². The van der Waals surface area contributed by atoms with Crippen molar-refractivity contribution in [2.45, 2.75) is 56.8 Å². The summed E-state index contributed by atoms with van der Waals surface area (Å²) in [6, 6.07) is 0. The molecule has 1 nitrogen and oxygen atoms in total. The van der Waals surface area contributed by atoms with Crippen LogP contribution in [0.15, 0.2) is 0 Å². The molecule has 0 aromatic carbocycles. The molecule has 2 aliphatic rings. The van der Waals surface area contributed by atoms with Crippen LogP contribution in [0.2, 0.25) is 0 Å². The van der Waals surface area contributed by atoms with Crippen molar-refractivity contribution in [1.82, 2.24) is 5.32 Å². The number of hydrogen-bond donors (Lipinski definition) is 1. The van der Waals surface area contributed by atoms with Gasteiger partial charge in [-0.3, -0.25) is 0 Å². The van der Waals surface area contributed by atoms with Crippen molar-refractivity contribution in [3.05, 3.63) is 0 Å². The molecule has 2 fully saturated rings. The number of nitrogens with one attached hydrogen (secondary N) is 1. The van der Waals surface area contributed by atoms with Crippen molar-refractivity contribution in [3.8, 4) is 0 Å². The summed E-state index contributed by atoms with van der Waals surface area (Å²) < 4.78 is 13.4. The smallest absolute Gasteiger partial charge is 0.118 e. The van der Waals surface area contributed by atoms with Gasteiger partial charge in [0.05, 0.1) is 0 Å². The van der Waals surface area contributed by atoms with E-state index in [0.29, 0.717) is 0 Å². The highest BCUT2D eigenvalue weighted by Crippen LogP contribution is 2.43. The Labute approximate surface area is 67.4 Å². The number of piperidine rings is 1. The van der Waals surface area contributed by atoms with Gasteiger partial charge in [-0.05, 0) is 39.5 Å². The van der Waals surface area contributed by atoms with Gasteiger partial charge < -0.3 is 5.32 Å². The first-order valence-electron chi connectivity index (χ1n) is 4.48. The van der Waals surface area contributed by atoms with E-state index in [0.717, 1.165) is 25.7 Å². The third-order valence-corrected chi connectivity index (χ3v) is 3.42. The standard InChI is InChI=1S/C9H16FN/c1-8-4-3-7(10)9(2,11-8)6-5-8/h7,11H,3-6H2,1-2H3/t7-,8-,9-/m1/s1. The normalized spacial score (nSPS) is 56.5. The molecule has 11 heavy (non-hydrogen) atoms. The van der Waals surface area contributed by atoms with E-state index >= 15 is 0 Å². The quantitative estimate of drug-likeness (QED) is 0.567. The fourth-order valence-electron chi connectivity index (χ4n) is 2.54. The van der Waals surface area contributed by atoms with Crippen molar-refractivity contribution >= 4 is 0 Å². The SMILES string of the molecule is C[C@@]12CC[C@@H](F)[C@@](C)(CC1)N2. The largest absolute Gasteiger partial charge is 0.304 e. The van der Waals surface area contributed by atoms with Crippen LogP contribution in [-0.4, -0.2) is 17.2 Å². The zero-order chi connectivity index (χ0) is 8.11. The molecule has 2 aliphatic heterocycles. The van der Waals surface area contributed by atoms with Gasteiger partial charge in [-0.1, -0.05) is 0 Å². The minimum atomic E-state index is -0.627. The molecular weight excluding hydrogens is 141 g/mol. The van der Waals surface area contributed by atoms with E-state index in [1.54, 1.807) is 0 Å². The van der Waals surface area contributed by atoms with Crippen molar-refractivity contribution in [2.75, 3.05) is 0 Å². The van der Waals surface area contributed by atoms with Gasteiger partial charge in [0, 0.05) is 11.1 Å². The monoisotopic (exact) mass is 157 g/mol. The number of rotatable bonds is 0. The van der Waals surface area contributed by atoms with E-state index in [1.807, 2.05) is 6.92 Å². The number of hydrogen-bond acceptors (Lipinski definition) is 1. The molecule has 0 unspecified atom stereocenters. The molecule has 64 valence electrons. The van der Waals surface area contributed by atoms with Crippen LogP contribution in [0, 0.1) is 0 Å². The van der Waals surface area contributed by atoms with Crippen LogP contribution in [0.25, 0.3) is 0 Å². The first-order chi connectivity index (χ1) is 5.04. The highest BCUT2D eigenvalue weighted by Gasteiger charge is 2.50. The average Bonchev–Trinajstić information content (AvgIpc) is 2.20. The van der Waals surface area contributed by atoms with Crippen LogP contribution >= 0.6 is 0 Å². The summed E-state index contributed by atoms with van der Waals surface area (Å²) in [6.07, 6.45) is 3.27. The third-order valence-electron chi connectivity index (χ3n) is 3.42. The molecule has 3 atom stereocenters. The molecule has 2 heterocycles. The topological polar surface area (TPSA) is 12.0 Å². The zero-order valence-electron chi connectivity index (χ0n) is 7.28. The molecule has 2 heteroatoms. The Bertz CT molecular complexity index is 178. The van der Waals surface area contributed by atoms with Crippen LogP contribution in [-0.2, 0) is 0 Å². The van der Waals surface area contributed by atoms with E-state index in [1.165, 1.54) is 0 Å². The number of fused-ring (bicyclic) bond motifs is 2. The zero-order valence-corrected chi connectivity index (χ0v) is 7.28. The molecule has 0 saturated carbocycles. The molecular formula is C9H16FN. The minimum Gasteiger partial charge on any atom is -0.304 e. The van der Waals surface area contributed by atoms with Crippen molar-refractivity contribution in [3.63, 3.8) is 0 Å². The maximum atomic E-state index is 13.4. The van der Waals surface area contributed by atoms with Crippen LogP contribution in [0.5, 0.6) is 0 Å². The summed E-state index contributed by atoms with van der Waals surface area (Å²) in [6.45, 7) is 4.23. The lowest BCUT2D eigenvalue weighted by molar-refractivity contribution is 0.110. The third kappa shape index (κ3) is 0.994. The van der Waals surface area contributed by atoms with E-state index in [-0.39, 0.29) is 11.1 Å².